The van der Waals surface area contributed by atoms with E-state index >= 15 is 0 Å². The first-order chi connectivity index (χ1) is 11.6. The number of morpholine rings is 1. The summed E-state index contributed by atoms with van der Waals surface area (Å²) in [6.07, 6.45) is 2.94. The van der Waals surface area contributed by atoms with Crippen LogP contribution < -0.4 is 10.2 Å². The van der Waals surface area contributed by atoms with E-state index in [2.05, 4.69) is 15.2 Å². The van der Waals surface area contributed by atoms with E-state index in [1.807, 2.05) is 12.1 Å². The minimum absolute atomic E-state index is 0.237. The van der Waals surface area contributed by atoms with Crippen molar-refractivity contribution in [1.29, 1.82) is 0 Å². The van der Waals surface area contributed by atoms with Gasteiger partial charge in [-0.05, 0) is 25.0 Å². The number of carboxylic acid groups (broad SMARTS) is 1. The molecular formula is C16H22N4O4. The molecule has 0 spiro atoms. The number of carbonyl (C=O) groups is 2. The van der Waals surface area contributed by atoms with Gasteiger partial charge in [0, 0.05) is 32.4 Å². The SMILES string of the molecule is O=C(O)C1CCCN(C(=O)Nc2ncccc2N2CCOCC2)C1. The number of carbonyl (C=O) groups excluding carboxylic acids is 1. The number of amides is 2. The molecular weight excluding hydrogens is 312 g/mol. The highest BCUT2D eigenvalue weighted by Crippen LogP contribution is 2.25. The number of nitrogens with one attached hydrogen (secondary N) is 1. The second-order valence-electron chi connectivity index (χ2n) is 6.02. The maximum Gasteiger partial charge on any atom is 0.323 e. The summed E-state index contributed by atoms with van der Waals surface area (Å²) in [4.78, 5) is 31.6. The maximum absolute atomic E-state index is 12.5. The van der Waals surface area contributed by atoms with E-state index in [-0.39, 0.29) is 12.6 Å². The molecule has 3 rings (SSSR count). The van der Waals surface area contributed by atoms with Crippen LogP contribution in [0.15, 0.2) is 18.3 Å². The molecule has 1 aromatic heterocycles. The van der Waals surface area contributed by atoms with Crippen molar-refractivity contribution >= 4 is 23.5 Å². The van der Waals surface area contributed by atoms with Gasteiger partial charge in [-0.1, -0.05) is 0 Å². The molecule has 24 heavy (non-hydrogen) atoms. The van der Waals surface area contributed by atoms with Crippen molar-refractivity contribution in [3.63, 3.8) is 0 Å². The lowest BCUT2D eigenvalue weighted by Crippen LogP contribution is -2.44. The zero-order chi connectivity index (χ0) is 16.9. The van der Waals surface area contributed by atoms with Gasteiger partial charge < -0.3 is 19.6 Å². The molecule has 0 aromatic carbocycles. The lowest BCUT2D eigenvalue weighted by molar-refractivity contribution is -0.143. The molecule has 8 nitrogen and oxygen atoms in total. The van der Waals surface area contributed by atoms with Gasteiger partial charge in [-0.3, -0.25) is 10.1 Å². The van der Waals surface area contributed by atoms with Crippen molar-refractivity contribution < 1.29 is 19.4 Å². The molecule has 1 aromatic rings. The van der Waals surface area contributed by atoms with Crippen LogP contribution in [0.5, 0.6) is 0 Å². The molecule has 0 saturated carbocycles. The normalized spacial score (nSPS) is 21.4. The van der Waals surface area contributed by atoms with Crippen LogP contribution in [0.25, 0.3) is 0 Å². The summed E-state index contributed by atoms with van der Waals surface area (Å²) in [5, 5.41) is 12.0. The molecule has 0 aliphatic carbocycles. The van der Waals surface area contributed by atoms with Gasteiger partial charge in [0.2, 0.25) is 0 Å². The number of urea groups is 1. The molecule has 2 N–H and O–H groups in total. The van der Waals surface area contributed by atoms with Gasteiger partial charge in [-0.25, -0.2) is 9.78 Å². The first-order valence-electron chi connectivity index (χ1n) is 8.21. The fraction of sp³-hybridized carbons (Fsp3) is 0.562. The number of carboxylic acids is 1. The van der Waals surface area contributed by atoms with E-state index < -0.39 is 11.9 Å². The minimum atomic E-state index is -0.848. The van der Waals surface area contributed by atoms with Crippen molar-refractivity contribution in [2.45, 2.75) is 12.8 Å². The van der Waals surface area contributed by atoms with Crippen molar-refractivity contribution in [1.82, 2.24) is 9.88 Å². The van der Waals surface area contributed by atoms with Gasteiger partial charge in [0.05, 0.1) is 24.8 Å². The fourth-order valence-corrected chi connectivity index (χ4v) is 3.10. The smallest absolute Gasteiger partial charge is 0.323 e. The van der Waals surface area contributed by atoms with Gasteiger partial charge in [0.25, 0.3) is 0 Å². The Kier molecular flexibility index (Phi) is 5.14. The summed E-state index contributed by atoms with van der Waals surface area (Å²) in [5.41, 5.74) is 0.862. The third-order valence-corrected chi connectivity index (χ3v) is 4.42. The first-order valence-corrected chi connectivity index (χ1v) is 8.21. The fourth-order valence-electron chi connectivity index (χ4n) is 3.10. The number of ether oxygens (including phenoxy) is 1. The third-order valence-electron chi connectivity index (χ3n) is 4.42. The van der Waals surface area contributed by atoms with Crippen LogP contribution in [0, 0.1) is 5.92 Å². The van der Waals surface area contributed by atoms with Gasteiger partial charge in [-0.15, -0.1) is 0 Å². The molecule has 0 bridgehead atoms. The summed E-state index contributed by atoms with van der Waals surface area (Å²) < 4.78 is 5.36. The van der Waals surface area contributed by atoms with E-state index in [4.69, 9.17) is 9.84 Å². The largest absolute Gasteiger partial charge is 0.481 e. The van der Waals surface area contributed by atoms with Crippen molar-refractivity contribution in [2.24, 2.45) is 5.92 Å². The molecule has 3 heterocycles. The molecule has 8 heteroatoms. The van der Waals surface area contributed by atoms with Gasteiger partial charge >= 0.3 is 12.0 Å². The molecule has 2 saturated heterocycles. The predicted octanol–water partition coefficient (Wildman–Crippen LogP) is 1.25. The number of piperidine rings is 1. The van der Waals surface area contributed by atoms with Crippen LogP contribution in [-0.4, -0.2) is 66.4 Å². The quantitative estimate of drug-likeness (QED) is 0.864. The number of nitrogens with zero attached hydrogens (tertiary/aromatic N) is 3. The number of likely N-dealkylation sites (tertiary alicyclic amines) is 1. The molecule has 2 aliphatic heterocycles. The summed E-state index contributed by atoms with van der Waals surface area (Å²) in [6.45, 7) is 3.60. The minimum Gasteiger partial charge on any atom is -0.481 e. The predicted molar refractivity (Wildman–Crippen MR) is 88.2 cm³/mol. The van der Waals surface area contributed by atoms with Crippen LogP contribution >= 0.6 is 0 Å². The molecule has 2 amide bonds. The van der Waals surface area contributed by atoms with Gasteiger partial charge in [-0.2, -0.15) is 0 Å². The Balaban J connectivity index is 1.69. The lowest BCUT2D eigenvalue weighted by Gasteiger charge is -2.32. The number of hydrogen-bond acceptors (Lipinski definition) is 5. The molecule has 2 aliphatic rings. The van der Waals surface area contributed by atoms with E-state index in [1.54, 1.807) is 11.1 Å². The van der Waals surface area contributed by atoms with Crippen LogP contribution in [-0.2, 0) is 9.53 Å². The highest BCUT2D eigenvalue weighted by atomic mass is 16.5. The van der Waals surface area contributed by atoms with Crippen LogP contribution in [0.4, 0.5) is 16.3 Å². The summed E-state index contributed by atoms with van der Waals surface area (Å²) in [7, 11) is 0. The Morgan fingerprint density at radius 3 is 2.83 bits per heavy atom. The lowest BCUT2D eigenvalue weighted by atomic mass is 9.99. The van der Waals surface area contributed by atoms with E-state index in [0.29, 0.717) is 38.4 Å². The number of pyridine rings is 1. The second kappa shape index (κ2) is 7.48. The van der Waals surface area contributed by atoms with Crippen molar-refractivity contribution in [3.8, 4) is 0 Å². The van der Waals surface area contributed by atoms with Crippen LogP contribution in [0.3, 0.4) is 0 Å². The highest BCUT2D eigenvalue weighted by molar-refractivity contribution is 5.92. The number of hydrogen-bond donors (Lipinski definition) is 2. The summed E-state index contributed by atoms with van der Waals surface area (Å²) in [6, 6.07) is 3.46. The first kappa shape index (κ1) is 16.5. The van der Waals surface area contributed by atoms with Crippen molar-refractivity contribution in [2.75, 3.05) is 49.6 Å². The zero-order valence-electron chi connectivity index (χ0n) is 13.5. The zero-order valence-corrected chi connectivity index (χ0v) is 13.5. The Morgan fingerprint density at radius 1 is 1.29 bits per heavy atom. The Labute approximate surface area is 140 Å². The average Bonchev–Trinajstić information content (AvgIpc) is 2.63. The molecule has 130 valence electrons. The Hall–Kier alpha value is -2.35. The van der Waals surface area contributed by atoms with Gasteiger partial charge in [0.15, 0.2) is 5.82 Å². The number of aromatic nitrogens is 1. The Morgan fingerprint density at radius 2 is 2.08 bits per heavy atom. The highest BCUT2D eigenvalue weighted by Gasteiger charge is 2.28. The van der Waals surface area contributed by atoms with E-state index in [1.165, 1.54) is 0 Å². The summed E-state index contributed by atoms with van der Waals surface area (Å²) >= 11 is 0. The number of aliphatic carboxylic acids is 1. The summed E-state index contributed by atoms with van der Waals surface area (Å²) in [5.74, 6) is -0.840. The van der Waals surface area contributed by atoms with E-state index in [9.17, 15) is 9.59 Å². The number of rotatable bonds is 3. The monoisotopic (exact) mass is 334 g/mol. The second-order valence-corrected chi connectivity index (χ2v) is 6.02. The molecule has 2 fully saturated rings. The third kappa shape index (κ3) is 3.76. The average molecular weight is 334 g/mol. The van der Waals surface area contributed by atoms with Crippen molar-refractivity contribution in [3.05, 3.63) is 18.3 Å². The van der Waals surface area contributed by atoms with Crippen LogP contribution in [0.1, 0.15) is 12.8 Å². The maximum atomic E-state index is 12.5. The molecule has 0 radical (unpaired) electrons. The topological polar surface area (TPSA) is 95.0 Å². The standard InChI is InChI=1S/C16H22N4O4/c21-15(22)12-3-2-6-20(11-12)16(23)18-14-13(4-1-5-17-14)19-7-9-24-10-8-19/h1,4-5,12H,2-3,6-11H2,(H,21,22)(H,17,18,23). The Bertz CT molecular complexity index is 603. The van der Waals surface area contributed by atoms with Crippen LogP contribution in [0.2, 0.25) is 0 Å². The molecule has 1 atom stereocenters. The van der Waals surface area contributed by atoms with Gasteiger partial charge in [0.1, 0.15) is 0 Å². The molecule has 1 unspecified atom stereocenters. The number of anilines is 2. The van der Waals surface area contributed by atoms with E-state index in [0.717, 1.165) is 18.8 Å².